The predicted molar refractivity (Wildman–Crippen MR) is 96.6 cm³/mol. The number of hydrogen-bond donors (Lipinski definition) is 2. The predicted octanol–water partition coefficient (Wildman–Crippen LogP) is 2.93. The standard InChI is InChI=1S/C19H18N4O3/c1-2-26-19(25)21-20-18(24)16-13-23(15-11-7-4-8-12-15)22-17(16)14-9-5-3-6-10-14/h3-13H,2H2,1H3,(H,20,24)(H,21,25). The van der Waals surface area contributed by atoms with Crippen LogP contribution in [0.1, 0.15) is 17.3 Å². The van der Waals surface area contributed by atoms with Gasteiger partial charge in [0, 0.05) is 11.8 Å². The first-order valence-electron chi connectivity index (χ1n) is 8.12. The third-order valence-electron chi connectivity index (χ3n) is 3.58. The first kappa shape index (κ1) is 17.2. The molecule has 132 valence electrons. The Morgan fingerprint density at radius 1 is 1.00 bits per heavy atom. The lowest BCUT2D eigenvalue weighted by molar-refractivity contribution is 0.0913. The Hall–Kier alpha value is -3.61. The number of benzene rings is 2. The summed E-state index contributed by atoms with van der Waals surface area (Å²) < 4.78 is 6.36. The molecule has 0 saturated heterocycles. The van der Waals surface area contributed by atoms with Gasteiger partial charge in [-0.3, -0.25) is 10.2 Å². The fourth-order valence-corrected chi connectivity index (χ4v) is 2.40. The van der Waals surface area contributed by atoms with Gasteiger partial charge in [0.25, 0.3) is 5.91 Å². The lowest BCUT2D eigenvalue weighted by Gasteiger charge is -2.07. The van der Waals surface area contributed by atoms with Crippen molar-refractivity contribution in [3.63, 3.8) is 0 Å². The van der Waals surface area contributed by atoms with Crippen LogP contribution >= 0.6 is 0 Å². The van der Waals surface area contributed by atoms with E-state index in [9.17, 15) is 9.59 Å². The van der Waals surface area contributed by atoms with Crippen LogP contribution in [0, 0.1) is 0 Å². The van der Waals surface area contributed by atoms with E-state index in [1.165, 1.54) is 0 Å². The summed E-state index contributed by atoms with van der Waals surface area (Å²) in [7, 11) is 0. The van der Waals surface area contributed by atoms with Crippen molar-refractivity contribution < 1.29 is 14.3 Å². The van der Waals surface area contributed by atoms with Crippen molar-refractivity contribution in [3.05, 3.63) is 72.4 Å². The van der Waals surface area contributed by atoms with Crippen LogP contribution in [-0.4, -0.2) is 28.4 Å². The van der Waals surface area contributed by atoms with Gasteiger partial charge in [-0.1, -0.05) is 48.5 Å². The van der Waals surface area contributed by atoms with E-state index < -0.39 is 12.0 Å². The minimum absolute atomic E-state index is 0.211. The largest absolute Gasteiger partial charge is 0.449 e. The molecule has 26 heavy (non-hydrogen) atoms. The average Bonchev–Trinajstić information content (AvgIpc) is 3.13. The molecule has 0 bridgehead atoms. The molecule has 0 aliphatic heterocycles. The molecule has 1 aromatic heterocycles. The highest BCUT2D eigenvalue weighted by Crippen LogP contribution is 2.23. The molecule has 2 amide bonds. The lowest BCUT2D eigenvalue weighted by atomic mass is 10.1. The van der Waals surface area contributed by atoms with Crippen molar-refractivity contribution in [3.8, 4) is 16.9 Å². The number of amides is 2. The number of ether oxygens (including phenoxy) is 1. The van der Waals surface area contributed by atoms with Gasteiger partial charge in [0.2, 0.25) is 0 Å². The zero-order chi connectivity index (χ0) is 18.4. The molecule has 2 N–H and O–H groups in total. The van der Waals surface area contributed by atoms with Gasteiger partial charge < -0.3 is 4.74 Å². The molecule has 7 nitrogen and oxygen atoms in total. The van der Waals surface area contributed by atoms with Gasteiger partial charge in [-0.05, 0) is 19.1 Å². The van der Waals surface area contributed by atoms with Crippen LogP contribution in [0.25, 0.3) is 16.9 Å². The van der Waals surface area contributed by atoms with E-state index in [0.717, 1.165) is 11.3 Å². The Labute approximate surface area is 150 Å². The van der Waals surface area contributed by atoms with E-state index in [4.69, 9.17) is 4.74 Å². The fourth-order valence-electron chi connectivity index (χ4n) is 2.40. The fraction of sp³-hybridized carbons (Fsp3) is 0.105. The first-order chi connectivity index (χ1) is 12.7. The Kier molecular flexibility index (Phi) is 5.28. The zero-order valence-corrected chi connectivity index (χ0v) is 14.2. The number of rotatable bonds is 4. The molecule has 7 heteroatoms. The summed E-state index contributed by atoms with van der Waals surface area (Å²) in [5.41, 5.74) is 7.01. The van der Waals surface area contributed by atoms with Crippen molar-refractivity contribution in [2.45, 2.75) is 6.92 Å². The second-order valence-electron chi connectivity index (χ2n) is 5.34. The van der Waals surface area contributed by atoms with Crippen LogP contribution in [0.2, 0.25) is 0 Å². The molecule has 2 aromatic carbocycles. The second-order valence-corrected chi connectivity index (χ2v) is 5.34. The molecule has 0 atom stereocenters. The van der Waals surface area contributed by atoms with Crippen LogP contribution in [0.4, 0.5) is 4.79 Å². The number of para-hydroxylation sites is 1. The number of nitrogens with one attached hydrogen (secondary N) is 2. The summed E-state index contributed by atoms with van der Waals surface area (Å²) in [5, 5.41) is 4.55. The van der Waals surface area contributed by atoms with E-state index in [2.05, 4.69) is 16.0 Å². The Balaban J connectivity index is 1.93. The molecule has 3 rings (SSSR count). The van der Waals surface area contributed by atoms with E-state index in [1.807, 2.05) is 60.7 Å². The number of hydrogen-bond acceptors (Lipinski definition) is 4. The van der Waals surface area contributed by atoms with Crippen molar-refractivity contribution in [1.29, 1.82) is 0 Å². The number of carbonyl (C=O) groups is 2. The summed E-state index contributed by atoms with van der Waals surface area (Å²) in [4.78, 5) is 23.9. The molecule has 0 radical (unpaired) electrons. The van der Waals surface area contributed by atoms with E-state index >= 15 is 0 Å². The van der Waals surface area contributed by atoms with Gasteiger partial charge in [0.15, 0.2) is 0 Å². The molecule has 1 heterocycles. The molecule has 3 aromatic rings. The van der Waals surface area contributed by atoms with Crippen LogP contribution in [0.5, 0.6) is 0 Å². The maximum atomic E-state index is 12.6. The highest BCUT2D eigenvalue weighted by Gasteiger charge is 2.19. The minimum Gasteiger partial charge on any atom is -0.449 e. The monoisotopic (exact) mass is 350 g/mol. The van der Waals surface area contributed by atoms with Gasteiger partial charge in [0.05, 0.1) is 17.9 Å². The lowest BCUT2D eigenvalue weighted by Crippen LogP contribution is -2.42. The van der Waals surface area contributed by atoms with Crippen molar-refractivity contribution in [2.75, 3.05) is 6.61 Å². The number of aromatic nitrogens is 2. The third kappa shape index (κ3) is 3.89. The molecule has 0 saturated carbocycles. The third-order valence-corrected chi connectivity index (χ3v) is 3.58. The normalized spacial score (nSPS) is 10.2. The van der Waals surface area contributed by atoms with Crippen LogP contribution in [0.3, 0.4) is 0 Å². The van der Waals surface area contributed by atoms with Gasteiger partial charge in [-0.15, -0.1) is 0 Å². The maximum Gasteiger partial charge on any atom is 0.426 e. The average molecular weight is 350 g/mol. The van der Waals surface area contributed by atoms with Gasteiger partial charge in [0.1, 0.15) is 5.69 Å². The van der Waals surface area contributed by atoms with Crippen molar-refractivity contribution in [1.82, 2.24) is 20.6 Å². The SMILES string of the molecule is CCOC(=O)NNC(=O)c1cn(-c2ccccc2)nc1-c1ccccc1. The number of hydrazine groups is 1. The molecule has 0 aliphatic carbocycles. The van der Waals surface area contributed by atoms with E-state index in [0.29, 0.717) is 11.3 Å². The molecule has 0 aliphatic rings. The van der Waals surface area contributed by atoms with Crippen molar-refractivity contribution >= 4 is 12.0 Å². The molecular weight excluding hydrogens is 332 g/mol. The highest BCUT2D eigenvalue weighted by molar-refractivity contribution is 6.00. The van der Waals surface area contributed by atoms with E-state index in [-0.39, 0.29) is 6.61 Å². The quantitative estimate of drug-likeness (QED) is 0.709. The minimum atomic E-state index is -0.724. The van der Waals surface area contributed by atoms with Gasteiger partial charge in [-0.2, -0.15) is 5.10 Å². The summed E-state index contributed by atoms with van der Waals surface area (Å²) in [6.45, 7) is 1.89. The number of carbonyl (C=O) groups excluding carboxylic acids is 2. The second kappa shape index (κ2) is 7.98. The van der Waals surface area contributed by atoms with E-state index in [1.54, 1.807) is 17.8 Å². The van der Waals surface area contributed by atoms with Gasteiger partial charge >= 0.3 is 6.09 Å². The van der Waals surface area contributed by atoms with Crippen LogP contribution in [0.15, 0.2) is 66.9 Å². The van der Waals surface area contributed by atoms with Crippen molar-refractivity contribution in [2.24, 2.45) is 0 Å². The van der Waals surface area contributed by atoms with Gasteiger partial charge in [-0.25, -0.2) is 14.9 Å². The molecule has 0 unspecified atom stereocenters. The first-order valence-corrected chi connectivity index (χ1v) is 8.12. The molecule has 0 spiro atoms. The summed E-state index contributed by atoms with van der Waals surface area (Å²) >= 11 is 0. The highest BCUT2D eigenvalue weighted by atomic mass is 16.5. The van der Waals surface area contributed by atoms with Crippen LogP contribution in [-0.2, 0) is 4.74 Å². The Morgan fingerprint density at radius 2 is 1.65 bits per heavy atom. The topological polar surface area (TPSA) is 85.3 Å². The summed E-state index contributed by atoms with van der Waals surface area (Å²) in [6, 6.07) is 18.8. The molecular formula is C19H18N4O3. The summed E-state index contributed by atoms with van der Waals surface area (Å²) in [5.74, 6) is -0.487. The zero-order valence-electron chi connectivity index (χ0n) is 14.2. The van der Waals surface area contributed by atoms with Crippen LogP contribution < -0.4 is 10.9 Å². The number of nitrogens with zero attached hydrogens (tertiary/aromatic N) is 2. The maximum absolute atomic E-state index is 12.6. The Morgan fingerprint density at radius 3 is 2.31 bits per heavy atom. The smallest absolute Gasteiger partial charge is 0.426 e. The Bertz CT molecular complexity index is 892. The molecule has 0 fully saturated rings. The summed E-state index contributed by atoms with van der Waals surface area (Å²) in [6.07, 6.45) is 0.900.